The van der Waals surface area contributed by atoms with Crippen molar-refractivity contribution < 1.29 is 47.5 Å². The Bertz CT molecular complexity index is 1050. The summed E-state index contributed by atoms with van der Waals surface area (Å²) in [7, 11) is -4.72. The van der Waals surface area contributed by atoms with E-state index in [1.807, 2.05) is 6.08 Å². The van der Waals surface area contributed by atoms with Gasteiger partial charge >= 0.3 is 25.7 Å². The number of carboxylic acid groups (broad SMARTS) is 1. The highest BCUT2D eigenvalue weighted by molar-refractivity contribution is 7.47. The SMILES string of the molecule is CCCC/C=C/C/C=C/CCCCCCCC(=O)OC[C@H](COP(=O)(O)OC[C@H](N)C(=O)O)OC(=O)CC/C=C/CCCCCCCCCCCCC. The van der Waals surface area contributed by atoms with Gasteiger partial charge in [-0.1, -0.05) is 147 Å². The Morgan fingerprint density at radius 1 is 0.585 bits per heavy atom. The number of nitrogens with two attached hydrogens (primary N) is 1. The summed E-state index contributed by atoms with van der Waals surface area (Å²) in [4.78, 5) is 45.8. The minimum Gasteiger partial charge on any atom is -0.480 e. The van der Waals surface area contributed by atoms with Crippen LogP contribution in [0.4, 0.5) is 0 Å². The first-order valence-corrected chi connectivity index (χ1v) is 22.0. The number of rotatable bonds is 38. The van der Waals surface area contributed by atoms with E-state index in [4.69, 9.17) is 24.8 Å². The van der Waals surface area contributed by atoms with Crippen LogP contribution in [0, 0.1) is 0 Å². The fourth-order valence-corrected chi connectivity index (χ4v) is 6.11. The Morgan fingerprint density at radius 3 is 1.62 bits per heavy atom. The summed E-state index contributed by atoms with van der Waals surface area (Å²) in [6.45, 7) is 2.70. The summed E-state index contributed by atoms with van der Waals surface area (Å²) in [6.07, 6.45) is 37.9. The van der Waals surface area contributed by atoms with Crippen LogP contribution in [0.5, 0.6) is 0 Å². The molecule has 53 heavy (non-hydrogen) atoms. The molecule has 3 atom stereocenters. The van der Waals surface area contributed by atoms with Crippen molar-refractivity contribution in [1.82, 2.24) is 0 Å². The van der Waals surface area contributed by atoms with Crippen molar-refractivity contribution >= 4 is 25.7 Å². The average molecular weight is 772 g/mol. The number of ether oxygens (including phenoxy) is 2. The van der Waals surface area contributed by atoms with E-state index in [0.717, 1.165) is 57.8 Å². The molecule has 0 aliphatic carbocycles. The second-order valence-electron chi connectivity index (χ2n) is 13.8. The third-order valence-corrected chi connectivity index (χ3v) is 9.57. The van der Waals surface area contributed by atoms with E-state index in [9.17, 15) is 23.8 Å². The van der Waals surface area contributed by atoms with Crippen LogP contribution in [0.25, 0.3) is 0 Å². The van der Waals surface area contributed by atoms with Gasteiger partial charge in [0.25, 0.3) is 0 Å². The first kappa shape index (κ1) is 50.7. The van der Waals surface area contributed by atoms with Gasteiger partial charge in [0.05, 0.1) is 13.2 Å². The molecule has 11 nitrogen and oxygen atoms in total. The Labute approximate surface area is 321 Å². The highest BCUT2D eigenvalue weighted by atomic mass is 31.2. The van der Waals surface area contributed by atoms with Gasteiger partial charge in [-0.15, -0.1) is 0 Å². The minimum atomic E-state index is -4.72. The van der Waals surface area contributed by atoms with Crippen molar-refractivity contribution in [1.29, 1.82) is 0 Å². The maximum Gasteiger partial charge on any atom is 0.472 e. The van der Waals surface area contributed by atoms with Gasteiger partial charge in [0, 0.05) is 12.8 Å². The van der Waals surface area contributed by atoms with Crippen molar-refractivity contribution in [3.8, 4) is 0 Å². The van der Waals surface area contributed by atoms with Gasteiger partial charge in [0.1, 0.15) is 12.6 Å². The molecular formula is C41H74NO10P. The number of hydrogen-bond acceptors (Lipinski definition) is 9. The molecule has 0 heterocycles. The number of aliphatic carboxylic acids is 1. The maximum atomic E-state index is 12.6. The van der Waals surface area contributed by atoms with Gasteiger partial charge in [-0.3, -0.25) is 23.4 Å². The Balaban J connectivity index is 4.46. The average Bonchev–Trinajstić information content (AvgIpc) is 3.13. The van der Waals surface area contributed by atoms with E-state index >= 15 is 0 Å². The molecule has 0 aliphatic heterocycles. The number of carbonyl (C=O) groups excluding carboxylic acids is 2. The van der Waals surface area contributed by atoms with Crippen molar-refractivity contribution in [3.05, 3.63) is 36.5 Å². The number of allylic oxidation sites excluding steroid dienone is 6. The van der Waals surface area contributed by atoms with Crippen molar-refractivity contribution in [2.24, 2.45) is 5.73 Å². The highest BCUT2D eigenvalue weighted by Crippen LogP contribution is 2.43. The van der Waals surface area contributed by atoms with Crippen LogP contribution in [-0.2, 0) is 37.5 Å². The Kier molecular flexibility index (Phi) is 35.1. The predicted octanol–water partition coefficient (Wildman–Crippen LogP) is 10.4. The molecule has 0 aromatic heterocycles. The molecule has 308 valence electrons. The lowest BCUT2D eigenvalue weighted by Crippen LogP contribution is -2.34. The molecule has 0 amide bonds. The summed E-state index contributed by atoms with van der Waals surface area (Å²) < 4.78 is 32.6. The van der Waals surface area contributed by atoms with Crippen molar-refractivity contribution in [2.75, 3.05) is 19.8 Å². The molecule has 0 fully saturated rings. The number of carboxylic acids is 1. The zero-order valence-electron chi connectivity index (χ0n) is 33.1. The number of esters is 2. The molecule has 0 aromatic rings. The van der Waals surface area contributed by atoms with E-state index in [0.29, 0.717) is 12.8 Å². The normalized spacial score (nSPS) is 14.2. The molecule has 0 bridgehead atoms. The molecule has 0 rings (SSSR count). The van der Waals surface area contributed by atoms with Crippen LogP contribution >= 0.6 is 7.82 Å². The van der Waals surface area contributed by atoms with Crippen molar-refractivity contribution in [3.63, 3.8) is 0 Å². The number of phosphoric ester groups is 1. The van der Waals surface area contributed by atoms with E-state index in [-0.39, 0.29) is 19.4 Å². The quantitative estimate of drug-likeness (QED) is 0.0236. The number of unbranched alkanes of at least 4 members (excludes halogenated alkanes) is 18. The van der Waals surface area contributed by atoms with E-state index in [1.165, 1.54) is 77.0 Å². The van der Waals surface area contributed by atoms with Gasteiger partial charge in [0.2, 0.25) is 0 Å². The number of hydrogen-bond donors (Lipinski definition) is 3. The lowest BCUT2D eigenvalue weighted by atomic mass is 10.1. The van der Waals surface area contributed by atoms with Crippen LogP contribution in [0.2, 0.25) is 0 Å². The largest absolute Gasteiger partial charge is 0.480 e. The molecule has 4 N–H and O–H groups in total. The fourth-order valence-electron chi connectivity index (χ4n) is 5.33. The molecule has 0 saturated heterocycles. The molecule has 12 heteroatoms. The number of phosphoric acid groups is 1. The van der Waals surface area contributed by atoms with E-state index < -0.39 is 51.1 Å². The standard InChI is InChI=1S/C41H74NO10P/c1-3-5-7-9-11-13-15-17-19-21-23-25-27-29-31-33-40(44)52-37(35-50-53(47,48)51-36-38(42)41(45)46)34-49-39(43)32-30-28-26-24-22-20-18-16-14-12-10-8-6-4-2/h10,12,16,18,27,29,37-38H,3-9,11,13-15,17,19-26,28,30-36,42H2,1-2H3,(H,45,46)(H,47,48)/b12-10+,18-16+,29-27+/t37-,38+/m1/s1. The minimum absolute atomic E-state index is 0.0752. The first-order valence-electron chi connectivity index (χ1n) is 20.5. The molecule has 0 saturated carbocycles. The topological polar surface area (TPSA) is 172 Å². The van der Waals surface area contributed by atoms with E-state index in [2.05, 4.69) is 48.8 Å². The summed E-state index contributed by atoms with van der Waals surface area (Å²) in [5.41, 5.74) is 5.32. The van der Waals surface area contributed by atoms with Gasteiger partial charge in [0.15, 0.2) is 6.10 Å². The van der Waals surface area contributed by atoms with E-state index in [1.54, 1.807) is 0 Å². The zero-order valence-corrected chi connectivity index (χ0v) is 34.0. The summed E-state index contributed by atoms with van der Waals surface area (Å²) in [5.74, 6) is -2.46. The fraction of sp³-hybridized carbons (Fsp3) is 0.780. The lowest BCUT2D eigenvalue weighted by Gasteiger charge is -2.20. The van der Waals surface area contributed by atoms with Gasteiger partial charge in [-0.25, -0.2) is 4.57 Å². The summed E-state index contributed by atoms with van der Waals surface area (Å²) >= 11 is 0. The molecule has 1 unspecified atom stereocenters. The Morgan fingerprint density at radius 2 is 1.06 bits per heavy atom. The highest BCUT2D eigenvalue weighted by Gasteiger charge is 2.28. The second kappa shape index (κ2) is 36.7. The maximum absolute atomic E-state index is 12.6. The summed E-state index contributed by atoms with van der Waals surface area (Å²) in [5, 5.41) is 8.87. The van der Waals surface area contributed by atoms with Crippen LogP contribution in [0.1, 0.15) is 174 Å². The number of carbonyl (C=O) groups is 3. The zero-order chi connectivity index (χ0) is 39.3. The Hall–Kier alpha value is -2.30. The van der Waals surface area contributed by atoms with Gasteiger partial charge < -0.3 is 25.2 Å². The van der Waals surface area contributed by atoms with Crippen LogP contribution in [0.15, 0.2) is 36.5 Å². The molecule has 0 radical (unpaired) electrons. The summed E-state index contributed by atoms with van der Waals surface area (Å²) in [6, 6.07) is -1.53. The third-order valence-electron chi connectivity index (χ3n) is 8.62. The molecule has 0 aliphatic rings. The van der Waals surface area contributed by atoms with Gasteiger partial charge in [-0.2, -0.15) is 0 Å². The second-order valence-corrected chi connectivity index (χ2v) is 15.2. The van der Waals surface area contributed by atoms with Crippen LogP contribution < -0.4 is 5.73 Å². The van der Waals surface area contributed by atoms with Crippen molar-refractivity contribution in [2.45, 2.75) is 187 Å². The first-order chi connectivity index (χ1) is 25.6. The predicted molar refractivity (Wildman–Crippen MR) is 212 cm³/mol. The van der Waals surface area contributed by atoms with Crippen LogP contribution in [-0.4, -0.2) is 59.9 Å². The third kappa shape index (κ3) is 36.4. The molecular weight excluding hydrogens is 697 g/mol. The molecule has 0 aromatic carbocycles. The lowest BCUT2D eigenvalue weighted by molar-refractivity contribution is -0.161. The molecule has 0 spiro atoms. The smallest absolute Gasteiger partial charge is 0.472 e. The monoisotopic (exact) mass is 772 g/mol. The van der Waals surface area contributed by atoms with Crippen LogP contribution in [0.3, 0.4) is 0 Å². The van der Waals surface area contributed by atoms with Gasteiger partial charge in [-0.05, 0) is 51.4 Å².